The van der Waals surface area contributed by atoms with E-state index in [1.165, 1.54) is 7.11 Å². The molecule has 0 aliphatic rings. The number of oxazole rings is 1. The van der Waals surface area contributed by atoms with Crippen molar-refractivity contribution in [3.8, 4) is 5.75 Å². The zero-order valence-electron chi connectivity index (χ0n) is 14.0. The molecule has 2 aromatic carbocycles. The lowest BCUT2D eigenvalue weighted by Crippen LogP contribution is -2.09. The lowest BCUT2D eigenvalue weighted by atomic mass is 10.1. The highest BCUT2D eigenvalue weighted by Gasteiger charge is 2.16. The minimum absolute atomic E-state index is 0.0270. The van der Waals surface area contributed by atoms with Gasteiger partial charge in [0.25, 0.3) is 0 Å². The number of carbonyl (C=O) groups is 2. The van der Waals surface area contributed by atoms with Crippen molar-refractivity contribution in [2.75, 3.05) is 7.11 Å². The highest BCUT2D eigenvalue weighted by atomic mass is 79.9. The number of benzene rings is 2. The number of hydrogen-bond donors (Lipinski definition) is 0. The number of ketones is 1. The van der Waals surface area contributed by atoms with Crippen LogP contribution in [0.1, 0.15) is 29.1 Å². The molecule has 0 bridgehead atoms. The van der Waals surface area contributed by atoms with Crippen molar-refractivity contribution in [3.05, 3.63) is 58.4 Å². The molecule has 3 aromatic rings. The maximum atomic E-state index is 12.3. The van der Waals surface area contributed by atoms with Crippen LogP contribution in [0.25, 0.3) is 11.1 Å². The second-order valence-electron chi connectivity index (χ2n) is 5.50. The quantitative estimate of drug-likeness (QED) is 0.421. The van der Waals surface area contributed by atoms with Gasteiger partial charge in [-0.3, -0.25) is 9.59 Å². The Balaban J connectivity index is 1.54. The van der Waals surface area contributed by atoms with Crippen molar-refractivity contribution in [3.63, 3.8) is 0 Å². The predicted molar refractivity (Wildman–Crippen MR) is 98.1 cm³/mol. The van der Waals surface area contributed by atoms with Crippen LogP contribution in [0, 0.1) is 0 Å². The fourth-order valence-corrected chi connectivity index (χ4v) is 2.81. The second-order valence-corrected chi connectivity index (χ2v) is 6.42. The number of rotatable bonds is 7. The normalized spacial score (nSPS) is 10.7. The Morgan fingerprint density at radius 3 is 2.73 bits per heavy atom. The number of halogens is 1. The number of ether oxygens (including phenoxy) is 2. The third-order valence-electron chi connectivity index (χ3n) is 3.71. The molecule has 1 heterocycles. The molecule has 0 fully saturated rings. The maximum absolute atomic E-state index is 12.3. The summed E-state index contributed by atoms with van der Waals surface area (Å²) >= 11 is 3.32. The lowest BCUT2D eigenvalue weighted by molar-refractivity contribution is -0.145. The summed E-state index contributed by atoms with van der Waals surface area (Å²) in [5, 5.41) is 0. The molecule has 6 nitrogen and oxygen atoms in total. The average Bonchev–Trinajstić information content (AvgIpc) is 3.07. The largest absolute Gasteiger partial charge is 0.496 e. The van der Waals surface area contributed by atoms with Gasteiger partial charge in [0.2, 0.25) is 5.89 Å². The van der Waals surface area contributed by atoms with Crippen LogP contribution in [-0.4, -0.2) is 23.8 Å². The number of methoxy groups -OCH3 is 1. The molecule has 0 saturated heterocycles. The van der Waals surface area contributed by atoms with Gasteiger partial charge in [-0.05, 0) is 30.3 Å². The first-order valence-corrected chi connectivity index (χ1v) is 8.73. The maximum Gasteiger partial charge on any atom is 0.306 e. The van der Waals surface area contributed by atoms with Gasteiger partial charge in [-0.1, -0.05) is 28.1 Å². The predicted octanol–water partition coefficient (Wildman–Crippen LogP) is 4.31. The number of Topliss-reactive ketones (excluding diaryl/α,β-unsaturated/α-hetero) is 1. The summed E-state index contributed by atoms with van der Waals surface area (Å²) in [7, 11) is 1.49. The summed E-state index contributed by atoms with van der Waals surface area (Å²) in [6.45, 7) is -0.0675. The molecule has 0 aliphatic heterocycles. The van der Waals surface area contributed by atoms with Gasteiger partial charge in [0, 0.05) is 10.9 Å². The molecular formula is C19H16BrNO5. The molecular weight excluding hydrogens is 402 g/mol. The molecule has 0 unspecified atom stereocenters. The van der Waals surface area contributed by atoms with Gasteiger partial charge in [0.05, 0.1) is 19.1 Å². The monoisotopic (exact) mass is 417 g/mol. The Hall–Kier alpha value is -2.67. The van der Waals surface area contributed by atoms with Gasteiger partial charge in [0.15, 0.2) is 18.0 Å². The summed E-state index contributed by atoms with van der Waals surface area (Å²) in [4.78, 5) is 28.5. The number of esters is 1. The van der Waals surface area contributed by atoms with E-state index in [1.54, 1.807) is 24.3 Å². The first kappa shape index (κ1) is 18.1. The van der Waals surface area contributed by atoms with E-state index in [-0.39, 0.29) is 25.2 Å². The van der Waals surface area contributed by atoms with Crippen LogP contribution in [0.15, 0.2) is 51.4 Å². The third-order valence-corrected chi connectivity index (χ3v) is 4.21. The van der Waals surface area contributed by atoms with E-state index in [2.05, 4.69) is 20.9 Å². The van der Waals surface area contributed by atoms with E-state index >= 15 is 0 Å². The van der Waals surface area contributed by atoms with Crippen molar-refractivity contribution in [1.82, 2.24) is 4.98 Å². The highest BCUT2D eigenvalue weighted by molar-refractivity contribution is 9.10. The Bertz CT molecular complexity index is 917. The number of hydrogen-bond acceptors (Lipinski definition) is 6. The van der Waals surface area contributed by atoms with Gasteiger partial charge in [-0.25, -0.2) is 4.98 Å². The summed E-state index contributed by atoms with van der Waals surface area (Å²) in [5.74, 6) is 0.106. The number of nitrogens with zero attached hydrogens (tertiary/aromatic N) is 1. The van der Waals surface area contributed by atoms with Crippen molar-refractivity contribution >= 4 is 38.8 Å². The number of para-hydroxylation sites is 2. The fraction of sp³-hybridized carbons (Fsp3) is 0.211. The zero-order chi connectivity index (χ0) is 18.5. The second kappa shape index (κ2) is 8.14. The Kier molecular flexibility index (Phi) is 5.68. The van der Waals surface area contributed by atoms with Crippen LogP contribution >= 0.6 is 15.9 Å². The van der Waals surface area contributed by atoms with Crippen LogP contribution in [0.2, 0.25) is 0 Å². The van der Waals surface area contributed by atoms with Gasteiger partial charge < -0.3 is 13.9 Å². The summed E-state index contributed by atoms with van der Waals surface area (Å²) in [6, 6.07) is 12.4. The minimum atomic E-state index is -0.491. The van der Waals surface area contributed by atoms with Gasteiger partial charge in [-0.2, -0.15) is 0 Å². The Morgan fingerprint density at radius 1 is 1.15 bits per heavy atom. The first-order valence-electron chi connectivity index (χ1n) is 7.93. The minimum Gasteiger partial charge on any atom is -0.496 e. The van der Waals surface area contributed by atoms with E-state index in [4.69, 9.17) is 13.9 Å². The van der Waals surface area contributed by atoms with E-state index < -0.39 is 5.97 Å². The van der Waals surface area contributed by atoms with E-state index in [1.807, 2.05) is 18.2 Å². The summed E-state index contributed by atoms with van der Waals surface area (Å²) in [5.41, 5.74) is 1.76. The number of carbonyl (C=O) groups excluding carboxylic acids is 2. The molecule has 0 radical (unpaired) electrons. The van der Waals surface area contributed by atoms with Crippen molar-refractivity contribution in [2.24, 2.45) is 0 Å². The van der Waals surface area contributed by atoms with Gasteiger partial charge in [0.1, 0.15) is 11.3 Å². The molecule has 0 atom stereocenters. The van der Waals surface area contributed by atoms with Crippen LogP contribution in [-0.2, 0) is 16.1 Å². The SMILES string of the molecule is COc1ccc(Br)cc1C(=O)CCC(=O)OCc1nc2ccccc2o1. The van der Waals surface area contributed by atoms with E-state index in [0.29, 0.717) is 28.3 Å². The van der Waals surface area contributed by atoms with Crippen LogP contribution < -0.4 is 4.74 Å². The average molecular weight is 418 g/mol. The molecule has 1 aromatic heterocycles. The Labute approximate surface area is 158 Å². The van der Waals surface area contributed by atoms with Gasteiger partial charge in [-0.15, -0.1) is 0 Å². The summed E-state index contributed by atoms with van der Waals surface area (Å²) < 4.78 is 16.6. The van der Waals surface area contributed by atoms with Crippen molar-refractivity contribution in [2.45, 2.75) is 19.4 Å². The Morgan fingerprint density at radius 2 is 1.96 bits per heavy atom. The molecule has 0 aliphatic carbocycles. The van der Waals surface area contributed by atoms with Gasteiger partial charge >= 0.3 is 5.97 Å². The molecule has 3 rings (SSSR count). The number of aromatic nitrogens is 1. The fourth-order valence-electron chi connectivity index (χ4n) is 2.44. The van der Waals surface area contributed by atoms with Crippen molar-refractivity contribution < 1.29 is 23.5 Å². The smallest absolute Gasteiger partial charge is 0.306 e. The van der Waals surface area contributed by atoms with E-state index in [0.717, 1.165) is 4.47 Å². The zero-order valence-corrected chi connectivity index (χ0v) is 15.6. The summed E-state index contributed by atoms with van der Waals surface area (Å²) in [6.07, 6.45) is -0.00602. The lowest BCUT2D eigenvalue weighted by Gasteiger charge is -2.08. The molecule has 0 N–H and O–H groups in total. The number of fused-ring (bicyclic) bond motifs is 1. The topological polar surface area (TPSA) is 78.6 Å². The molecule has 7 heteroatoms. The molecule has 0 saturated carbocycles. The van der Waals surface area contributed by atoms with Crippen LogP contribution in [0.4, 0.5) is 0 Å². The van der Waals surface area contributed by atoms with Crippen molar-refractivity contribution in [1.29, 1.82) is 0 Å². The molecule has 26 heavy (non-hydrogen) atoms. The molecule has 134 valence electrons. The van der Waals surface area contributed by atoms with Crippen LogP contribution in [0.5, 0.6) is 5.75 Å². The first-order chi connectivity index (χ1) is 12.6. The molecule has 0 spiro atoms. The van der Waals surface area contributed by atoms with Crippen LogP contribution in [0.3, 0.4) is 0 Å². The standard InChI is InChI=1S/C19H16BrNO5/c1-24-16-8-6-12(20)10-13(16)15(22)7-9-19(23)25-11-18-21-14-4-2-3-5-17(14)26-18/h2-6,8,10H,7,9,11H2,1H3. The molecule has 0 amide bonds. The highest BCUT2D eigenvalue weighted by Crippen LogP contribution is 2.24. The van der Waals surface area contributed by atoms with E-state index in [9.17, 15) is 9.59 Å². The third kappa shape index (κ3) is 4.29.